The van der Waals surface area contributed by atoms with E-state index in [-0.39, 0.29) is 0 Å². The zero-order valence-corrected chi connectivity index (χ0v) is 17.9. The van der Waals surface area contributed by atoms with Crippen molar-refractivity contribution >= 4 is 26.6 Å². The minimum Gasteiger partial charge on any atom is -0.494 e. The molecule has 0 spiro atoms. The van der Waals surface area contributed by atoms with E-state index in [4.69, 9.17) is 9.47 Å². The van der Waals surface area contributed by atoms with Crippen molar-refractivity contribution in [1.29, 1.82) is 0 Å². The van der Waals surface area contributed by atoms with Crippen LogP contribution >= 0.6 is 0 Å². The molecule has 30 heavy (non-hydrogen) atoms. The summed E-state index contributed by atoms with van der Waals surface area (Å²) in [6, 6.07) is 12.6. The number of aliphatic hydroxyl groups is 1. The SMILES string of the molecule is COCc1[nH]nc2cc(OCCCC[C@H](O)c3cccc(NS(C)(=O)=O)c3)ccc12. The van der Waals surface area contributed by atoms with Gasteiger partial charge in [-0.3, -0.25) is 9.82 Å². The minimum absolute atomic E-state index is 0.444. The number of aromatic amines is 1. The van der Waals surface area contributed by atoms with Crippen molar-refractivity contribution in [3.05, 3.63) is 53.7 Å². The van der Waals surface area contributed by atoms with Gasteiger partial charge in [0, 0.05) is 24.2 Å². The number of H-pyrrole nitrogens is 1. The van der Waals surface area contributed by atoms with Crippen molar-refractivity contribution < 1.29 is 23.0 Å². The lowest BCUT2D eigenvalue weighted by Gasteiger charge is -2.13. The highest BCUT2D eigenvalue weighted by Gasteiger charge is 2.10. The molecule has 0 bridgehead atoms. The molecule has 3 N–H and O–H groups in total. The molecule has 0 aliphatic rings. The molecule has 2 aromatic carbocycles. The molecular weight excluding hydrogens is 406 g/mol. The molecular formula is C21H27N3O5S. The summed E-state index contributed by atoms with van der Waals surface area (Å²) in [5.41, 5.74) is 2.89. The maximum atomic E-state index is 11.3. The minimum atomic E-state index is -3.35. The van der Waals surface area contributed by atoms with E-state index in [1.165, 1.54) is 0 Å². The van der Waals surface area contributed by atoms with Crippen LogP contribution in [0.15, 0.2) is 42.5 Å². The molecule has 0 saturated carbocycles. The number of aliphatic hydroxyl groups excluding tert-OH is 1. The van der Waals surface area contributed by atoms with Crippen molar-refractivity contribution in [2.75, 3.05) is 24.7 Å². The summed E-state index contributed by atoms with van der Waals surface area (Å²) < 4.78 is 36.1. The van der Waals surface area contributed by atoms with Gasteiger partial charge in [0.15, 0.2) is 0 Å². The van der Waals surface area contributed by atoms with Gasteiger partial charge in [-0.2, -0.15) is 5.10 Å². The second-order valence-electron chi connectivity index (χ2n) is 7.17. The monoisotopic (exact) mass is 433 g/mol. The Bertz CT molecular complexity index is 1080. The Hall–Kier alpha value is -2.62. The molecule has 3 aromatic rings. The quantitative estimate of drug-likeness (QED) is 0.400. The number of aromatic nitrogens is 2. The summed E-state index contributed by atoms with van der Waals surface area (Å²) in [6.45, 7) is 1.01. The number of unbranched alkanes of at least 4 members (excludes halogenated alkanes) is 1. The number of fused-ring (bicyclic) bond motifs is 1. The van der Waals surface area contributed by atoms with E-state index in [0.29, 0.717) is 30.9 Å². The van der Waals surface area contributed by atoms with Crippen LogP contribution in [0, 0.1) is 0 Å². The van der Waals surface area contributed by atoms with E-state index in [0.717, 1.165) is 41.4 Å². The number of nitrogens with one attached hydrogen (secondary N) is 2. The molecule has 0 fully saturated rings. The third-order valence-electron chi connectivity index (χ3n) is 4.61. The zero-order chi connectivity index (χ0) is 21.6. The lowest BCUT2D eigenvalue weighted by Crippen LogP contribution is -2.10. The molecule has 3 rings (SSSR count). The maximum Gasteiger partial charge on any atom is 0.229 e. The number of hydrogen-bond donors (Lipinski definition) is 3. The Kier molecular flexibility index (Phi) is 7.30. The number of rotatable bonds is 11. The van der Waals surface area contributed by atoms with Crippen molar-refractivity contribution in [1.82, 2.24) is 10.2 Å². The summed E-state index contributed by atoms with van der Waals surface area (Å²) in [5.74, 6) is 0.748. The Labute approximate surface area is 176 Å². The Balaban J connectivity index is 1.45. The van der Waals surface area contributed by atoms with Gasteiger partial charge < -0.3 is 14.6 Å². The standard InChI is InChI=1S/C21H27N3O5S/c1-28-14-20-18-10-9-17(13-19(18)22-23-20)29-11-4-3-8-21(25)15-6-5-7-16(12-15)24-30(2,26)27/h5-7,9-10,12-13,21,24-25H,3-4,8,11,14H2,1-2H3,(H,22,23)/t21-/m0/s1. The molecule has 0 unspecified atom stereocenters. The molecule has 0 aliphatic carbocycles. The second kappa shape index (κ2) is 9.92. The molecule has 0 saturated heterocycles. The average Bonchev–Trinajstić information content (AvgIpc) is 3.09. The lowest BCUT2D eigenvalue weighted by molar-refractivity contribution is 0.160. The number of anilines is 1. The van der Waals surface area contributed by atoms with E-state index in [1.807, 2.05) is 18.2 Å². The van der Waals surface area contributed by atoms with Gasteiger partial charge in [0.05, 0.1) is 36.8 Å². The fourth-order valence-electron chi connectivity index (χ4n) is 3.21. The van der Waals surface area contributed by atoms with Crippen molar-refractivity contribution in [2.45, 2.75) is 32.0 Å². The summed E-state index contributed by atoms with van der Waals surface area (Å²) in [5, 5.41) is 18.6. The van der Waals surface area contributed by atoms with E-state index in [9.17, 15) is 13.5 Å². The van der Waals surface area contributed by atoms with E-state index in [1.54, 1.807) is 31.4 Å². The lowest BCUT2D eigenvalue weighted by atomic mass is 10.0. The van der Waals surface area contributed by atoms with Crippen LogP contribution in [0.5, 0.6) is 5.75 Å². The van der Waals surface area contributed by atoms with Crippen molar-refractivity contribution in [3.63, 3.8) is 0 Å². The fourth-order valence-corrected chi connectivity index (χ4v) is 3.77. The Morgan fingerprint density at radius 3 is 2.80 bits per heavy atom. The fraction of sp³-hybridized carbons (Fsp3) is 0.381. The van der Waals surface area contributed by atoms with Crippen LogP contribution in [0.1, 0.15) is 36.6 Å². The average molecular weight is 434 g/mol. The smallest absolute Gasteiger partial charge is 0.229 e. The van der Waals surface area contributed by atoms with Crippen LogP contribution in [0.2, 0.25) is 0 Å². The molecule has 0 amide bonds. The first-order valence-electron chi connectivity index (χ1n) is 9.70. The largest absolute Gasteiger partial charge is 0.494 e. The zero-order valence-electron chi connectivity index (χ0n) is 17.1. The van der Waals surface area contributed by atoms with Gasteiger partial charge in [-0.25, -0.2) is 8.42 Å². The molecule has 9 heteroatoms. The van der Waals surface area contributed by atoms with Crippen LogP contribution in [-0.2, 0) is 21.4 Å². The third kappa shape index (κ3) is 6.19. The van der Waals surface area contributed by atoms with Crippen LogP contribution in [0.3, 0.4) is 0 Å². The van der Waals surface area contributed by atoms with Gasteiger partial charge in [0.25, 0.3) is 0 Å². The second-order valence-corrected chi connectivity index (χ2v) is 8.92. The van der Waals surface area contributed by atoms with E-state index < -0.39 is 16.1 Å². The van der Waals surface area contributed by atoms with E-state index in [2.05, 4.69) is 14.9 Å². The van der Waals surface area contributed by atoms with Gasteiger partial charge in [-0.1, -0.05) is 12.1 Å². The van der Waals surface area contributed by atoms with E-state index >= 15 is 0 Å². The predicted octanol–water partition coefficient (Wildman–Crippen LogP) is 3.36. The van der Waals surface area contributed by atoms with Gasteiger partial charge >= 0.3 is 0 Å². The number of nitrogens with zero attached hydrogens (tertiary/aromatic N) is 1. The first-order valence-corrected chi connectivity index (χ1v) is 11.6. The maximum absolute atomic E-state index is 11.3. The van der Waals surface area contributed by atoms with Gasteiger partial charge in [-0.05, 0) is 49.1 Å². The van der Waals surface area contributed by atoms with Gasteiger partial charge in [0.2, 0.25) is 10.0 Å². The molecule has 1 atom stereocenters. The number of ether oxygens (including phenoxy) is 2. The molecule has 0 radical (unpaired) electrons. The normalized spacial score (nSPS) is 12.8. The predicted molar refractivity (Wildman–Crippen MR) is 116 cm³/mol. The number of hydrogen-bond acceptors (Lipinski definition) is 6. The number of sulfonamides is 1. The summed E-state index contributed by atoms with van der Waals surface area (Å²) in [6.07, 6.45) is 2.55. The Morgan fingerprint density at radius 2 is 2.03 bits per heavy atom. The third-order valence-corrected chi connectivity index (χ3v) is 5.22. The van der Waals surface area contributed by atoms with Crippen LogP contribution < -0.4 is 9.46 Å². The highest BCUT2D eigenvalue weighted by atomic mass is 32.2. The summed E-state index contributed by atoms with van der Waals surface area (Å²) in [4.78, 5) is 0. The van der Waals surface area contributed by atoms with Crippen LogP contribution in [0.4, 0.5) is 5.69 Å². The first kappa shape index (κ1) is 22.1. The number of benzene rings is 2. The summed E-state index contributed by atoms with van der Waals surface area (Å²) >= 11 is 0. The van der Waals surface area contributed by atoms with Gasteiger partial charge in [0.1, 0.15) is 5.75 Å². The number of methoxy groups -OCH3 is 1. The molecule has 162 valence electrons. The van der Waals surface area contributed by atoms with Crippen LogP contribution in [0.25, 0.3) is 10.9 Å². The highest BCUT2D eigenvalue weighted by Crippen LogP contribution is 2.24. The van der Waals surface area contributed by atoms with Crippen molar-refractivity contribution in [2.24, 2.45) is 0 Å². The topological polar surface area (TPSA) is 114 Å². The van der Waals surface area contributed by atoms with Crippen LogP contribution in [-0.4, -0.2) is 43.7 Å². The Morgan fingerprint density at radius 1 is 1.20 bits per heavy atom. The van der Waals surface area contributed by atoms with Gasteiger partial charge in [-0.15, -0.1) is 0 Å². The molecule has 8 nitrogen and oxygen atoms in total. The molecule has 1 heterocycles. The summed E-state index contributed by atoms with van der Waals surface area (Å²) in [7, 11) is -1.70. The molecule has 1 aromatic heterocycles. The highest BCUT2D eigenvalue weighted by molar-refractivity contribution is 7.92. The molecule has 0 aliphatic heterocycles. The van der Waals surface area contributed by atoms with Crippen molar-refractivity contribution in [3.8, 4) is 5.75 Å². The first-order chi connectivity index (χ1) is 14.4.